The van der Waals surface area contributed by atoms with Gasteiger partial charge in [0.05, 0.1) is 29.7 Å². The van der Waals surface area contributed by atoms with Gasteiger partial charge in [0, 0.05) is 17.3 Å². The van der Waals surface area contributed by atoms with Gasteiger partial charge in [-0.1, -0.05) is 12.1 Å². The van der Waals surface area contributed by atoms with E-state index in [1.807, 2.05) is 48.9 Å². The van der Waals surface area contributed by atoms with Crippen LogP contribution in [0.25, 0.3) is 0 Å². The summed E-state index contributed by atoms with van der Waals surface area (Å²) in [4.78, 5) is 28.3. The fourth-order valence-corrected chi connectivity index (χ4v) is 4.43. The zero-order valence-electron chi connectivity index (χ0n) is 14.8. The fraction of sp³-hybridized carbons (Fsp3) is 0.389. The summed E-state index contributed by atoms with van der Waals surface area (Å²) >= 11 is 3.25. The monoisotopic (exact) mass is 390 g/mol. The molecule has 1 atom stereocenters. The maximum absolute atomic E-state index is 13.0. The van der Waals surface area contributed by atoms with Gasteiger partial charge in [0.15, 0.2) is 0 Å². The van der Waals surface area contributed by atoms with Gasteiger partial charge in [-0.25, -0.2) is 5.01 Å². The van der Waals surface area contributed by atoms with Crippen molar-refractivity contribution in [2.75, 3.05) is 13.1 Å². The molecular formula is C18H22N4O2S2. The van der Waals surface area contributed by atoms with Gasteiger partial charge in [-0.3, -0.25) is 14.5 Å². The van der Waals surface area contributed by atoms with Crippen molar-refractivity contribution in [3.63, 3.8) is 0 Å². The molecule has 0 spiro atoms. The third-order valence-corrected chi connectivity index (χ3v) is 6.16. The first-order valence-electron chi connectivity index (χ1n) is 8.45. The molecule has 0 bridgehead atoms. The van der Waals surface area contributed by atoms with Crippen molar-refractivity contribution in [2.45, 2.75) is 32.4 Å². The summed E-state index contributed by atoms with van der Waals surface area (Å²) < 4.78 is 0. The number of hydrogen-bond acceptors (Lipinski definition) is 6. The van der Waals surface area contributed by atoms with E-state index in [4.69, 9.17) is 5.73 Å². The summed E-state index contributed by atoms with van der Waals surface area (Å²) in [6.45, 7) is 4.06. The number of carbonyl (C=O) groups excluding carboxylic acids is 2. The van der Waals surface area contributed by atoms with E-state index in [1.165, 1.54) is 0 Å². The van der Waals surface area contributed by atoms with Crippen LogP contribution < -0.4 is 5.73 Å². The average Bonchev–Trinajstić information content (AvgIpc) is 3.32. The van der Waals surface area contributed by atoms with Gasteiger partial charge in [0.25, 0.3) is 5.91 Å². The predicted molar refractivity (Wildman–Crippen MR) is 105 cm³/mol. The van der Waals surface area contributed by atoms with Crippen molar-refractivity contribution in [3.8, 4) is 0 Å². The summed E-state index contributed by atoms with van der Waals surface area (Å²) in [5.41, 5.74) is 6.25. The molecule has 6 nitrogen and oxygen atoms in total. The van der Waals surface area contributed by atoms with Crippen LogP contribution in [-0.4, -0.2) is 46.6 Å². The van der Waals surface area contributed by atoms with Gasteiger partial charge in [-0.05, 0) is 36.7 Å². The van der Waals surface area contributed by atoms with Crippen LogP contribution in [0.3, 0.4) is 0 Å². The van der Waals surface area contributed by atoms with E-state index in [-0.39, 0.29) is 31.1 Å². The highest BCUT2D eigenvalue weighted by molar-refractivity contribution is 7.12. The van der Waals surface area contributed by atoms with Gasteiger partial charge in [0.1, 0.15) is 0 Å². The molecule has 26 heavy (non-hydrogen) atoms. The fourth-order valence-electron chi connectivity index (χ4n) is 2.90. The van der Waals surface area contributed by atoms with Crippen LogP contribution >= 0.6 is 22.7 Å². The highest BCUT2D eigenvalue weighted by Gasteiger charge is 2.34. The minimum absolute atomic E-state index is 0.0370. The summed E-state index contributed by atoms with van der Waals surface area (Å²) in [5, 5.41) is 10.2. The third kappa shape index (κ3) is 4.20. The summed E-state index contributed by atoms with van der Waals surface area (Å²) in [6.07, 6.45) is 0.699. The molecule has 0 aromatic carbocycles. The molecule has 2 aromatic heterocycles. The lowest BCUT2D eigenvalue weighted by molar-refractivity contribution is -0.135. The Morgan fingerprint density at radius 3 is 2.58 bits per heavy atom. The van der Waals surface area contributed by atoms with E-state index in [0.717, 1.165) is 15.5 Å². The molecule has 8 heteroatoms. The summed E-state index contributed by atoms with van der Waals surface area (Å²) in [7, 11) is 0. The van der Waals surface area contributed by atoms with E-state index < -0.39 is 5.91 Å². The SMILES string of the molecule is CC(C)N(CC(N)=O)CC(=O)N1N=C(c2cccs2)CC1c1cccs1. The molecule has 0 saturated carbocycles. The number of hydrazone groups is 1. The normalized spacial score (nSPS) is 17.2. The van der Waals surface area contributed by atoms with E-state index in [0.29, 0.717) is 6.42 Å². The first-order chi connectivity index (χ1) is 12.5. The molecule has 1 unspecified atom stereocenters. The van der Waals surface area contributed by atoms with E-state index in [9.17, 15) is 9.59 Å². The standard InChI is InChI=1S/C18H22N4O2S2/c1-12(2)21(10-17(19)23)11-18(24)22-14(16-6-4-8-26-16)9-13(20-22)15-5-3-7-25-15/h3-8,12,14H,9-11H2,1-2H3,(H2,19,23). The second kappa shape index (κ2) is 8.11. The quantitative estimate of drug-likeness (QED) is 0.789. The highest BCUT2D eigenvalue weighted by Crippen LogP contribution is 2.36. The number of rotatable bonds is 7. The van der Waals surface area contributed by atoms with Gasteiger partial charge in [-0.2, -0.15) is 5.10 Å². The molecular weight excluding hydrogens is 368 g/mol. The van der Waals surface area contributed by atoms with Crippen molar-refractivity contribution >= 4 is 40.2 Å². The molecule has 1 aliphatic heterocycles. The smallest absolute Gasteiger partial charge is 0.257 e. The molecule has 2 N–H and O–H groups in total. The number of amides is 2. The first kappa shape index (κ1) is 18.8. The molecule has 3 rings (SSSR count). The van der Waals surface area contributed by atoms with E-state index in [2.05, 4.69) is 5.10 Å². The number of hydrogen-bond donors (Lipinski definition) is 1. The van der Waals surface area contributed by atoms with Gasteiger partial charge in [-0.15, -0.1) is 22.7 Å². The van der Waals surface area contributed by atoms with Gasteiger partial charge < -0.3 is 5.73 Å². The molecule has 1 aliphatic rings. The molecule has 0 radical (unpaired) electrons. The Bertz CT molecular complexity index is 784. The van der Waals surface area contributed by atoms with Gasteiger partial charge >= 0.3 is 0 Å². The lowest BCUT2D eigenvalue weighted by Crippen LogP contribution is -2.45. The van der Waals surface area contributed by atoms with Crippen LogP contribution in [0.5, 0.6) is 0 Å². The van der Waals surface area contributed by atoms with Crippen molar-refractivity contribution in [2.24, 2.45) is 10.8 Å². The second-order valence-corrected chi connectivity index (χ2v) is 8.39. The highest BCUT2D eigenvalue weighted by atomic mass is 32.1. The maximum atomic E-state index is 13.0. The van der Waals surface area contributed by atoms with Crippen LogP contribution in [0, 0.1) is 0 Å². The Morgan fingerprint density at radius 1 is 1.27 bits per heavy atom. The molecule has 2 aromatic rings. The second-order valence-electron chi connectivity index (χ2n) is 6.46. The predicted octanol–water partition coefficient (Wildman–Crippen LogP) is 2.68. The Balaban J connectivity index is 1.83. The summed E-state index contributed by atoms with van der Waals surface area (Å²) in [5.74, 6) is -0.560. The molecule has 0 saturated heterocycles. The minimum atomic E-state index is -0.439. The molecule has 2 amide bonds. The number of nitrogens with zero attached hydrogens (tertiary/aromatic N) is 3. The average molecular weight is 391 g/mol. The van der Waals surface area contributed by atoms with Crippen molar-refractivity contribution < 1.29 is 9.59 Å². The molecule has 0 fully saturated rings. The number of nitrogens with two attached hydrogens (primary N) is 1. The third-order valence-electron chi connectivity index (χ3n) is 4.27. The zero-order valence-corrected chi connectivity index (χ0v) is 16.4. The Hall–Kier alpha value is -2.03. The van der Waals surface area contributed by atoms with Gasteiger partial charge in [0.2, 0.25) is 5.91 Å². The number of carbonyl (C=O) groups is 2. The summed E-state index contributed by atoms with van der Waals surface area (Å²) in [6, 6.07) is 7.97. The van der Waals surface area contributed by atoms with Crippen LogP contribution in [0.4, 0.5) is 0 Å². The lowest BCUT2D eigenvalue weighted by atomic mass is 10.1. The number of thiophene rings is 2. The Morgan fingerprint density at radius 2 is 2.00 bits per heavy atom. The van der Waals surface area contributed by atoms with Crippen molar-refractivity contribution in [3.05, 3.63) is 44.8 Å². The Labute approximate surface area is 160 Å². The zero-order chi connectivity index (χ0) is 18.7. The van der Waals surface area contributed by atoms with E-state index in [1.54, 1.807) is 32.6 Å². The largest absolute Gasteiger partial charge is 0.369 e. The first-order valence-corrected chi connectivity index (χ1v) is 10.2. The van der Waals surface area contributed by atoms with E-state index >= 15 is 0 Å². The lowest BCUT2D eigenvalue weighted by Gasteiger charge is -2.27. The molecule has 3 heterocycles. The molecule has 138 valence electrons. The van der Waals surface area contributed by atoms with Crippen molar-refractivity contribution in [1.82, 2.24) is 9.91 Å². The Kier molecular flexibility index (Phi) is 5.85. The topological polar surface area (TPSA) is 79.0 Å². The minimum Gasteiger partial charge on any atom is -0.369 e. The van der Waals surface area contributed by atoms with Crippen molar-refractivity contribution in [1.29, 1.82) is 0 Å². The molecule has 0 aliphatic carbocycles. The van der Waals surface area contributed by atoms with Crippen LogP contribution in [0.15, 0.2) is 40.1 Å². The number of primary amides is 1. The van der Waals surface area contributed by atoms with Crippen LogP contribution in [0.2, 0.25) is 0 Å². The maximum Gasteiger partial charge on any atom is 0.257 e. The van der Waals surface area contributed by atoms with Crippen LogP contribution in [-0.2, 0) is 9.59 Å². The van der Waals surface area contributed by atoms with Crippen LogP contribution in [0.1, 0.15) is 36.1 Å².